The molecule has 0 saturated carbocycles. The van der Waals surface area contributed by atoms with E-state index in [1.165, 1.54) is 17.2 Å². The van der Waals surface area contributed by atoms with Crippen LogP contribution in [0.15, 0.2) is 30.3 Å². The van der Waals surface area contributed by atoms with E-state index in [1.54, 1.807) is 33.5 Å². The molecule has 0 aromatic heterocycles. The predicted octanol–water partition coefficient (Wildman–Crippen LogP) is 4.48. The van der Waals surface area contributed by atoms with Crippen molar-refractivity contribution in [2.75, 3.05) is 34.9 Å². The number of rotatable bonds is 5. The van der Waals surface area contributed by atoms with Gasteiger partial charge in [0.15, 0.2) is 11.5 Å². The molecule has 158 valence electrons. The number of likely N-dealkylation sites (tertiary alicyclic amines) is 1. The summed E-state index contributed by atoms with van der Waals surface area (Å²) < 4.78 is 30.5. The summed E-state index contributed by atoms with van der Waals surface area (Å²) in [6.07, 6.45) is 2.91. The lowest BCUT2D eigenvalue weighted by Gasteiger charge is -2.33. The maximum atomic E-state index is 13.7. The van der Waals surface area contributed by atoms with Gasteiger partial charge in [-0.25, -0.2) is 4.39 Å². The Hall–Kier alpha value is -1.98. The predicted molar refractivity (Wildman–Crippen MR) is 114 cm³/mol. The van der Waals surface area contributed by atoms with Gasteiger partial charge in [0, 0.05) is 24.1 Å². The summed E-state index contributed by atoms with van der Waals surface area (Å²) in [4.78, 5) is 2.43. The number of hydrogen-bond donors (Lipinski definition) is 0. The first-order chi connectivity index (χ1) is 13.6. The van der Waals surface area contributed by atoms with Gasteiger partial charge in [-0.3, -0.25) is 0 Å². The van der Waals surface area contributed by atoms with Gasteiger partial charge in [0.05, 0.1) is 21.3 Å². The fraction of sp³-hybridized carbons (Fsp3) is 0.478. The third-order valence-electron chi connectivity index (χ3n) is 6.49. The summed E-state index contributed by atoms with van der Waals surface area (Å²) in [5, 5.41) is 0. The van der Waals surface area contributed by atoms with Crippen LogP contribution >= 0.6 is 12.4 Å². The molecule has 1 saturated heterocycles. The molecule has 6 heteroatoms. The Morgan fingerprint density at radius 1 is 1.07 bits per heavy atom. The van der Waals surface area contributed by atoms with E-state index in [-0.39, 0.29) is 18.2 Å². The molecule has 2 aliphatic rings. The van der Waals surface area contributed by atoms with Gasteiger partial charge >= 0.3 is 0 Å². The third kappa shape index (κ3) is 3.78. The van der Waals surface area contributed by atoms with Crippen molar-refractivity contribution in [3.63, 3.8) is 0 Å². The molecule has 2 aromatic carbocycles. The van der Waals surface area contributed by atoms with Crippen molar-refractivity contribution >= 4 is 12.4 Å². The van der Waals surface area contributed by atoms with E-state index in [2.05, 4.69) is 18.0 Å². The zero-order valence-corrected chi connectivity index (χ0v) is 18.2. The monoisotopic (exact) mass is 421 g/mol. The van der Waals surface area contributed by atoms with Crippen LogP contribution in [-0.4, -0.2) is 45.9 Å². The second-order valence-corrected chi connectivity index (χ2v) is 7.86. The molecule has 4 rings (SSSR count). The van der Waals surface area contributed by atoms with Crippen LogP contribution in [-0.2, 0) is 12.8 Å². The van der Waals surface area contributed by atoms with Crippen LogP contribution in [0.4, 0.5) is 4.39 Å². The molecule has 0 N–H and O–H groups in total. The third-order valence-corrected chi connectivity index (χ3v) is 6.49. The van der Waals surface area contributed by atoms with Crippen molar-refractivity contribution in [2.24, 2.45) is 5.92 Å². The summed E-state index contributed by atoms with van der Waals surface area (Å²) in [5.74, 6) is 2.97. The van der Waals surface area contributed by atoms with Crippen molar-refractivity contribution in [3.05, 3.63) is 52.8 Å². The molecule has 4 nitrogen and oxygen atoms in total. The van der Waals surface area contributed by atoms with E-state index in [9.17, 15) is 4.39 Å². The number of hydrogen-bond acceptors (Lipinski definition) is 4. The number of ether oxygens (including phenoxy) is 3. The second kappa shape index (κ2) is 8.80. The lowest BCUT2D eigenvalue weighted by molar-refractivity contribution is 0.257. The van der Waals surface area contributed by atoms with Crippen LogP contribution in [0.2, 0.25) is 0 Å². The van der Waals surface area contributed by atoms with Gasteiger partial charge in [0.2, 0.25) is 5.75 Å². The van der Waals surface area contributed by atoms with E-state index in [0.717, 1.165) is 42.9 Å². The standard InChI is InChI=1S/C23H28FNO3.ClH/c1-25-13-19-16(20(25)11-14-6-5-7-15(24)10-14)8-9-17-18(19)12-21(26-2)23(28-4)22(17)27-3;/h5-7,10,12,16,19-20H,8-9,11,13H2,1-4H3;1H/t16?,19-,20-;/m1./s1. The molecule has 29 heavy (non-hydrogen) atoms. The van der Waals surface area contributed by atoms with E-state index < -0.39 is 0 Å². The fourth-order valence-electron chi connectivity index (χ4n) is 5.25. The Labute approximate surface area is 178 Å². The quantitative estimate of drug-likeness (QED) is 0.712. The van der Waals surface area contributed by atoms with Gasteiger partial charge in [-0.1, -0.05) is 12.1 Å². The first kappa shape index (κ1) is 21.7. The molecular weight excluding hydrogens is 393 g/mol. The average molecular weight is 422 g/mol. The van der Waals surface area contributed by atoms with Crippen LogP contribution < -0.4 is 14.2 Å². The highest BCUT2D eigenvalue weighted by atomic mass is 35.5. The van der Waals surface area contributed by atoms with Crippen molar-refractivity contribution in [1.29, 1.82) is 0 Å². The number of methoxy groups -OCH3 is 3. The van der Waals surface area contributed by atoms with E-state index >= 15 is 0 Å². The largest absolute Gasteiger partial charge is 0.493 e. The van der Waals surface area contributed by atoms with Gasteiger partial charge in [-0.15, -0.1) is 12.4 Å². The topological polar surface area (TPSA) is 30.9 Å². The summed E-state index contributed by atoms with van der Waals surface area (Å²) >= 11 is 0. The molecule has 1 aliphatic heterocycles. The van der Waals surface area contributed by atoms with E-state index in [1.807, 2.05) is 6.07 Å². The highest BCUT2D eigenvalue weighted by molar-refractivity contribution is 5.85. The van der Waals surface area contributed by atoms with Gasteiger partial charge in [0.25, 0.3) is 0 Å². The molecule has 1 fully saturated rings. The molecule has 0 bridgehead atoms. The van der Waals surface area contributed by atoms with Crippen molar-refractivity contribution in [1.82, 2.24) is 4.90 Å². The lowest BCUT2D eigenvalue weighted by Crippen LogP contribution is -2.32. The first-order valence-electron chi connectivity index (χ1n) is 9.83. The van der Waals surface area contributed by atoms with Crippen molar-refractivity contribution in [2.45, 2.75) is 31.2 Å². The summed E-state index contributed by atoms with van der Waals surface area (Å²) in [6, 6.07) is 9.53. The summed E-state index contributed by atoms with van der Waals surface area (Å²) in [5.41, 5.74) is 3.61. The number of likely N-dealkylation sites (N-methyl/N-ethyl adjacent to an activating group) is 1. The van der Waals surface area contributed by atoms with Crippen LogP contribution in [0.3, 0.4) is 0 Å². The zero-order valence-electron chi connectivity index (χ0n) is 17.4. The molecule has 1 heterocycles. The Morgan fingerprint density at radius 3 is 2.48 bits per heavy atom. The summed E-state index contributed by atoms with van der Waals surface area (Å²) in [6.45, 7) is 0.982. The van der Waals surface area contributed by atoms with Crippen molar-refractivity contribution < 1.29 is 18.6 Å². The summed E-state index contributed by atoms with van der Waals surface area (Å²) in [7, 11) is 7.19. The van der Waals surface area contributed by atoms with Gasteiger partial charge in [0.1, 0.15) is 5.82 Å². The molecule has 2 aromatic rings. The van der Waals surface area contributed by atoms with E-state index in [0.29, 0.717) is 23.6 Å². The Morgan fingerprint density at radius 2 is 1.83 bits per heavy atom. The van der Waals surface area contributed by atoms with E-state index in [4.69, 9.17) is 14.2 Å². The lowest BCUT2D eigenvalue weighted by atomic mass is 9.73. The van der Waals surface area contributed by atoms with Crippen LogP contribution in [0, 0.1) is 11.7 Å². The molecule has 0 spiro atoms. The normalized spacial score (nSPS) is 23.0. The zero-order chi connectivity index (χ0) is 19.8. The van der Waals surface area contributed by atoms with Gasteiger partial charge in [-0.2, -0.15) is 0 Å². The molecule has 0 radical (unpaired) electrons. The minimum Gasteiger partial charge on any atom is -0.493 e. The molecule has 3 atom stereocenters. The van der Waals surface area contributed by atoms with Crippen LogP contribution in [0.1, 0.15) is 29.0 Å². The Kier molecular flexibility index (Phi) is 6.59. The minimum absolute atomic E-state index is 0. The number of benzene rings is 2. The molecule has 1 unspecified atom stereocenters. The van der Waals surface area contributed by atoms with Crippen LogP contribution in [0.25, 0.3) is 0 Å². The maximum absolute atomic E-state index is 13.7. The minimum atomic E-state index is -0.162. The molecule has 1 aliphatic carbocycles. The van der Waals surface area contributed by atoms with Crippen molar-refractivity contribution in [3.8, 4) is 17.2 Å². The SMILES string of the molecule is COc1cc2c(c(OC)c1OC)CCC1[C@@H](Cc3cccc(F)c3)N(C)C[C@@H]21.Cl. The second-order valence-electron chi connectivity index (χ2n) is 7.86. The highest BCUT2D eigenvalue weighted by Crippen LogP contribution is 2.52. The van der Waals surface area contributed by atoms with Gasteiger partial charge < -0.3 is 19.1 Å². The Balaban J connectivity index is 0.00000240. The number of nitrogens with zero attached hydrogens (tertiary/aromatic N) is 1. The fourth-order valence-corrected chi connectivity index (χ4v) is 5.25. The number of fused-ring (bicyclic) bond motifs is 3. The maximum Gasteiger partial charge on any atom is 0.203 e. The molecular formula is C23H29ClFNO3. The average Bonchev–Trinajstić information content (AvgIpc) is 3.02. The molecule has 0 amide bonds. The van der Waals surface area contributed by atoms with Crippen LogP contribution in [0.5, 0.6) is 17.2 Å². The Bertz CT molecular complexity index is 875. The highest BCUT2D eigenvalue weighted by Gasteiger charge is 2.44. The first-order valence-corrected chi connectivity index (χ1v) is 9.83. The van der Waals surface area contributed by atoms with Gasteiger partial charge in [-0.05, 0) is 61.6 Å². The smallest absolute Gasteiger partial charge is 0.203 e. The number of halogens is 2.